The van der Waals surface area contributed by atoms with E-state index in [0.29, 0.717) is 10.3 Å². The van der Waals surface area contributed by atoms with E-state index in [1.165, 1.54) is 6.32 Å². The molecule has 1 rings (SSSR count). The third-order valence-electron chi connectivity index (χ3n) is 3.99. The summed E-state index contributed by atoms with van der Waals surface area (Å²) >= 11 is 0. The third-order valence-corrected chi connectivity index (χ3v) is 15.0. The van der Waals surface area contributed by atoms with Crippen molar-refractivity contribution in [3.8, 4) is 0 Å². The van der Waals surface area contributed by atoms with Crippen LogP contribution in [-0.4, -0.2) is 34.3 Å². The molecule has 0 aromatic carbocycles. The van der Waals surface area contributed by atoms with Gasteiger partial charge in [0.25, 0.3) is 6.57 Å². The van der Waals surface area contributed by atoms with Gasteiger partial charge in [-0.25, -0.2) is 0 Å². The molecule has 0 fully saturated rings. The van der Waals surface area contributed by atoms with Crippen molar-refractivity contribution in [3.63, 3.8) is 0 Å². The lowest BCUT2D eigenvalue weighted by Gasteiger charge is -2.52. The van der Waals surface area contributed by atoms with Crippen LogP contribution in [0.15, 0.2) is 11.9 Å². The Labute approximate surface area is 130 Å². The third kappa shape index (κ3) is 4.31. The number of hydrogen-bond donors (Lipinski definition) is 0. The van der Waals surface area contributed by atoms with E-state index < -0.39 is 0 Å². The summed E-state index contributed by atoms with van der Waals surface area (Å²) in [4.78, 5) is 2.65. The predicted molar refractivity (Wildman–Crippen MR) is 101 cm³/mol. The Morgan fingerprint density at radius 2 is 1.40 bits per heavy atom. The van der Waals surface area contributed by atoms with Gasteiger partial charge >= 0.3 is 0 Å². The Kier molecular flexibility index (Phi) is 5.62. The Bertz CT molecular complexity index is 360. The number of nitrogens with zero attached hydrogens (tertiary/aromatic N) is 1. The predicted octanol–water partition coefficient (Wildman–Crippen LogP) is 6.21. The number of allylic oxidation sites excluding steroid dienone is 1. The lowest BCUT2D eigenvalue weighted by molar-refractivity contribution is 0.296. The standard InChI is InChI=1S/C16H34BNP2/c1-14(2,3)18(10)17-12-11-13-19(15(4,5)6)20(17)16(7,8)9/h11,13H,12H2,1-10H3. The van der Waals surface area contributed by atoms with E-state index >= 15 is 0 Å². The average Bonchev–Trinajstić information content (AvgIpc) is 2.23. The summed E-state index contributed by atoms with van der Waals surface area (Å²) in [5.74, 6) is 2.58. The molecule has 0 aliphatic carbocycles. The molecule has 0 amide bonds. The Hall–Kier alpha value is 0.625. The summed E-state index contributed by atoms with van der Waals surface area (Å²) in [6, 6.07) is 0. The largest absolute Gasteiger partial charge is 0.336 e. The van der Waals surface area contributed by atoms with E-state index in [4.69, 9.17) is 0 Å². The number of rotatable bonds is 1. The Balaban J connectivity index is 3.22. The summed E-state index contributed by atoms with van der Waals surface area (Å²) in [5.41, 5.74) is 0.251. The number of hydrogen-bond acceptors (Lipinski definition) is 1. The van der Waals surface area contributed by atoms with Gasteiger partial charge in [0.15, 0.2) is 0 Å². The van der Waals surface area contributed by atoms with Crippen LogP contribution in [0.1, 0.15) is 62.3 Å². The van der Waals surface area contributed by atoms with Crippen LogP contribution in [0, 0.1) is 0 Å². The van der Waals surface area contributed by atoms with E-state index in [2.05, 4.69) is 86.1 Å². The first kappa shape index (κ1) is 18.7. The second-order valence-corrected chi connectivity index (χ2v) is 16.5. The van der Waals surface area contributed by atoms with Gasteiger partial charge in [-0.2, -0.15) is 0 Å². The van der Waals surface area contributed by atoms with Crippen LogP contribution in [-0.2, 0) is 0 Å². The molecular formula is C16H34BNP2. The fourth-order valence-corrected chi connectivity index (χ4v) is 13.3. The highest BCUT2D eigenvalue weighted by Gasteiger charge is 2.47. The Morgan fingerprint density at radius 1 is 0.900 bits per heavy atom. The molecule has 2 unspecified atom stereocenters. The molecule has 0 spiro atoms. The molecule has 0 aromatic heterocycles. The van der Waals surface area contributed by atoms with Gasteiger partial charge in [0.05, 0.1) is 0 Å². The van der Waals surface area contributed by atoms with Crippen molar-refractivity contribution in [1.82, 2.24) is 4.81 Å². The molecule has 1 heterocycles. The average molecular weight is 313 g/mol. The van der Waals surface area contributed by atoms with Gasteiger partial charge < -0.3 is 4.81 Å². The lowest BCUT2D eigenvalue weighted by Crippen LogP contribution is -2.49. The van der Waals surface area contributed by atoms with Gasteiger partial charge in [0.2, 0.25) is 0 Å². The highest BCUT2D eigenvalue weighted by molar-refractivity contribution is 8.44. The highest BCUT2D eigenvalue weighted by Crippen LogP contribution is 2.83. The van der Waals surface area contributed by atoms with Crippen molar-refractivity contribution in [1.29, 1.82) is 0 Å². The lowest BCUT2D eigenvalue weighted by atomic mass is 9.79. The molecule has 0 bridgehead atoms. The SMILES string of the molecule is CN(B1CC=CP(C(C)(C)C)P1C(C)(C)C)C(C)(C)C. The monoisotopic (exact) mass is 313 g/mol. The molecule has 0 saturated heterocycles. The Morgan fingerprint density at radius 3 is 1.75 bits per heavy atom. The quantitative estimate of drug-likeness (QED) is 0.411. The zero-order chi connectivity index (χ0) is 15.9. The first-order valence-corrected chi connectivity index (χ1v) is 11.3. The van der Waals surface area contributed by atoms with E-state index in [-0.39, 0.29) is 20.6 Å². The van der Waals surface area contributed by atoms with E-state index in [9.17, 15) is 0 Å². The summed E-state index contributed by atoms with van der Waals surface area (Å²) in [7, 11) is 2.27. The topological polar surface area (TPSA) is 3.24 Å². The van der Waals surface area contributed by atoms with Gasteiger partial charge in [-0.1, -0.05) is 68.5 Å². The van der Waals surface area contributed by atoms with E-state index in [1.54, 1.807) is 0 Å². The van der Waals surface area contributed by atoms with Crippen molar-refractivity contribution in [2.24, 2.45) is 0 Å². The summed E-state index contributed by atoms with van der Waals surface area (Å²) in [6.45, 7) is 22.5. The van der Waals surface area contributed by atoms with E-state index in [0.717, 1.165) is 6.57 Å². The summed E-state index contributed by atoms with van der Waals surface area (Å²) in [6.07, 6.45) is 3.69. The second kappa shape index (κ2) is 6.02. The van der Waals surface area contributed by atoms with Crippen LogP contribution in [0.25, 0.3) is 0 Å². The van der Waals surface area contributed by atoms with Gasteiger partial charge in [0, 0.05) is 5.54 Å². The van der Waals surface area contributed by atoms with Crippen LogP contribution < -0.4 is 0 Å². The molecule has 2 atom stereocenters. The van der Waals surface area contributed by atoms with Crippen LogP contribution in [0.4, 0.5) is 0 Å². The summed E-state index contributed by atoms with van der Waals surface area (Å²) < 4.78 is 0. The maximum Gasteiger partial charge on any atom is 0.262 e. The summed E-state index contributed by atoms with van der Waals surface area (Å²) in [5, 5.41) is 0.839. The molecular weight excluding hydrogens is 279 g/mol. The van der Waals surface area contributed by atoms with Crippen LogP contribution in [0.3, 0.4) is 0 Å². The maximum absolute atomic E-state index is 2.65. The molecule has 4 heteroatoms. The minimum absolute atomic E-state index is 0.0275. The van der Waals surface area contributed by atoms with Crippen molar-refractivity contribution in [3.05, 3.63) is 11.9 Å². The van der Waals surface area contributed by atoms with Gasteiger partial charge in [-0.05, 0) is 44.5 Å². The first-order valence-electron chi connectivity index (χ1n) is 7.74. The van der Waals surface area contributed by atoms with Crippen molar-refractivity contribution in [2.45, 2.75) is 84.5 Å². The molecule has 0 saturated carbocycles. The van der Waals surface area contributed by atoms with E-state index in [1.807, 2.05) is 0 Å². The van der Waals surface area contributed by atoms with Crippen LogP contribution in [0.5, 0.6) is 0 Å². The maximum atomic E-state index is 2.65. The fraction of sp³-hybridized carbons (Fsp3) is 0.875. The molecule has 1 aliphatic heterocycles. The molecule has 20 heavy (non-hydrogen) atoms. The smallest absolute Gasteiger partial charge is 0.262 e. The molecule has 0 aromatic rings. The van der Waals surface area contributed by atoms with Crippen molar-refractivity contribution < 1.29 is 0 Å². The minimum atomic E-state index is -0.0406. The molecule has 0 radical (unpaired) electrons. The normalized spacial score (nSPS) is 25.4. The zero-order valence-corrected chi connectivity index (χ0v) is 17.1. The van der Waals surface area contributed by atoms with Crippen LogP contribution >= 0.6 is 15.1 Å². The molecule has 116 valence electrons. The molecule has 0 N–H and O–H groups in total. The van der Waals surface area contributed by atoms with Crippen molar-refractivity contribution >= 4 is 21.7 Å². The second-order valence-electron chi connectivity index (χ2n) is 8.91. The van der Waals surface area contributed by atoms with Gasteiger partial charge in [-0.3, -0.25) is 0 Å². The minimum Gasteiger partial charge on any atom is -0.336 e. The fourth-order valence-electron chi connectivity index (χ4n) is 2.68. The van der Waals surface area contributed by atoms with Gasteiger partial charge in [-0.15, -0.1) is 0 Å². The zero-order valence-electron chi connectivity index (χ0n) is 15.3. The highest BCUT2D eigenvalue weighted by atomic mass is 32.1. The van der Waals surface area contributed by atoms with Crippen molar-refractivity contribution in [2.75, 3.05) is 7.05 Å². The van der Waals surface area contributed by atoms with Crippen LogP contribution in [0.2, 0.25) is 6.32 Å². The first-order chi connectivity index (χ1) is 8.76. The molecule has 1 aliphatic rings. The van der Waals surface area contributed by atoms with Gasteiger partial charge in [0.1, 0.15) is 0 Å². The molecule has 1 nitrogen and oxygen atoms in total.